The number of halogens is 3. The normalized spacial score (nSPS) is 14.5. The minimum absolute atomic E-state index is 0.00572. The smallest absolute Gasteiger partial charge is 0.382 e. The van der Waals surface area contributed by atoms with Gasteiger partial charge in [-0.15, -0.1) is 0 Å². The second kappa shape index (κ2) is 4.59. The Balaban J connectivity index is 2.87. The number of alkyl halides is 3. The van der Waals surface area contributed by atoms with Crippen LogP contribution in [-0.2, 0) is 6.18 Å². The Morgan fingerprint density at radius 2 is 1.71 bits per heavy atom. The number of hydrogen-bond donors (Lipinski definition) is 1. The molecule has 0 aliphatic rings. The molecule has 1 aromatic carbocycles. The third kappa shape index (κ3) is 3.95. The summed E-state index contributed by atoms with van der Waals surface area (Å²) in [5, 5.41) is 3.09. The fourth-order valence-corrected chi connectivity index (χ4v) is 1.25. The van der Waals surface area contributed by atoms with Gasteiger partial charge in [-0.1, -0.05) is 26.8 Å². The minimum Gasteiger partial charge on any atom is -0.382 e. The van der Waals surface area contributed by atoms with Gasteiger partial charge >= 0.3 is 6.18 Å². The van der Waals surface area contributed by atoms with Crippen LogP contribution >= 0.6 is 0 Å². The molecule has 1 atom stereocenters. The Morgan fingerprint density at radius 3 is 2.18 bits per heavy atom. The molecule has 0 aliphatic heterocycles. The highest BCUT2D eigenvalue weighted by Gasteiger charge is 2.30. The average Bonchev–Trinajstić information content (AvgIpc) is 2.15. The van der Waals surface area contributed by atoms with Crippen LogP contribution in [0.4, 0.5) is 18.9 Å². The molecule has 1 nitrogen and oxygen atoms in total. The van der Waals surface area contributed by atoms with E-state index < -0.39 is 11.7 Å². The van der Waals surface area contributed by atoms with Crippen molar-refractivity contribution in [1.82, 2.24) is 0 Å². The summed E-state index contributed by atoms with van der Waals surface area (Å²) in [6, 6.07) is 5.37. The van der Waals surface area contributed by atoms with Crippen molar-refractivity contribution in [3.8, 4) is 0 Å². The van der Waals surface area contributed by atoms with E-state index in [1.165, 1.54) is 6.07 Å². The van der Waals surface area contributed by atoms with Crippen LogP contribution in [0.25, 0.3) is 0 Å². The van der Waals surface area contributed by atoms with Gasteiger partial charge in [-0.05, 0) is 30.5 Å². The molecular weight excluding hydrogens is 227 g/mol. The highest BCUT2D eigenvalue weighted by Crippen LogP contribution is 2.31. The Bertz CT molecular complexity index is 377. The van der Waals surface area contributed by atoms with Crippen molar-refractivity contribution in [3.05, 3.63) is 29.8 Å². The fraction of sp³-hybridized carbons (Fsp3) is 0.538. The molecule has 0 aromatic heterocycles. The van der Waals surface area contributed by atoms with Gasteiger partial charge < -0.3 is 5.32 Å². The molecule has 1 unspecified atom stereocenters. The van der Waals surface area contributed by atoms with Gasteiger partial charge in [0.05, 0.1) is 5.56 Å². The highest BCUT2D eigenvalue weighted by molar-refractivity contribution is 5.47. The topological polar surface area (TPSA) is 12.0 Å². The van der Waals surface area contributed by atoms with Crippen LogP contribution in [0.3, 0.4) is 0 Å². The van der Waals surface area contributed by atoms with Crippen LogP contribution in [0.5, 0.6) is 0 Å². The molecule has 0 amide bonds. The number of benzene rings is 1. The van der Waals surface area contributed by atoms with Gasteiger partial charge in [0.15, 0.2) is 0 Å². The summed E-state index contributed by atoms with van der Waals surface area (Å²) in [4.78, 5) is 0. The molecule has 0 heterocycles. The lowest BCUT2D eigenvalue weighted by molar-refractivity contribution is -0.137. The molecule has 1 rings (SSSR count). The van der Waals surface area contributed by atoms with Crippen molar-refractivity contribution in [2.24, 2.45) is 5.41 Å². The van der Waals surface area contributed by atoms with Crippen molar-refractivity contribution >= 4 is 5.69 Å². The monoisotopic (exact) mass is 245 g/mol. The molecular formula is C13H18F3N. The van der Waals surface area contributed by atoms with E-state index in [4.69, 9.17) is 0 Å². The maximum Gasteiger partial charge on any atom is 0.416 e. The van der Waals surface area contributed by atoms with Crippen molar-refractivity contribution in [2.45, 2.75) is 39.9 Å². The molecule has 0 spiro atoms. The van der Waals surface area contributed by atoms with E-state index in [0.717, 1.165) is 12.1 Å². The molecule has 4 heteroatoms. The van der Waals surface area contributed by atoms with Crippen LogP contribution in [0, 0.1) is 5.41 Å². The van der Waals surface area contributed by atoms with Gasteiger partial charge in [0.1, 0.15) is 0 Å². The van der Waals surface area contributed by atoms with Crippen molar-refractivity contribution in [1.29, 1.82) is 0 Å². The molecule has 1 N–H and O–H groups in total. The number of nitrogens with one attached hydrogen (secondary N) is 1. The first-order valence-corrected chi connectivity index (χ1v) is 5.54. The summed E-state index contributed by atoms with van der Waals surface area (Å²) >= 11 is 0. The van der Waals surface area contributed by atoms with Crippen molar-refractivity contribution in [3.63, 3.8) is 0 Å². The van der Waals surface area contributed by atoms with Crippen LogP contribution in [0.2, 0.25) is 0 Å². The van der Waals surface area contributed by atoms with E-state index in [2.05, 4.69) is 5.32 Å². The summed E-state index contributed by atoms with van der Waals surface area (Å²) in [5.41, 5.74) is -0.125. The van der Waals surface area contributed by atoms with E-state index in [0.29, 0.717) is 5.69 Å². The summed E-state index contributed by atoms with van der Waals surface area (Å²) < 4.78 is 37.5. The third-order valence-electron chi connectivity index (χ3n) is 2.87. The first-order chi connectivity index (χ1) is 7.60. The lowest BCUT2D eigenvalue weighted by Gasteiger charge is -2.29. The second-order valence-electron chi connectivity index (χ2n) is 5.31. The number of anilines is 1. The van der Waals surface area contributed by atoms with E-state index >= 15 is 0 Å². The van der Waals surface area contributed by atoms with E-state index in [-0.39, 0.29) is 11.5 Å². The zero-order chi connectivity index (χ0) is 13.3. The molecule has 0 bridgehead atoms. The SMILES string of the molecule is CC(Nc1cccc(C(F)(F)F)c1)C(C)(C)C. The maximum atomic E-state index is 12.5. The van der Waals surface area contributed by atoms with E-state index in [9.17, 15) is 13.2 Å². The lowest BCUT2D eigenvalue weighted by atomic mass is 9.88. The number of hydrogen-bond acceptors (Lipinski definition) is 1. The zero-order valence-electron chi connectivity index (χ0n) is 10.5. The zero-order valence-corrected chi connectivity index (χ0v) is 10.5. The lowest BCUT2D eigenvalue weighted by Crippen LogP contribution is -2.30. The van der Waals surface area contributed by atoms with Gasteiger partial charge in [-0.3, -0.25) is 0 Å². The molecule has 0 saturated carbocycles. The summed E-state index contributed by atoms with van der Waals surface area (Å²) in [6.45, 7) is 8.08. The summed E-state index contributed by atoms with van der Waals surface area (Å²) in [7, 11) is 0. The Kier molecular flexibility index (Phi) is 3.74. The molecule has 17 heavy (non-hydrogen) atoms. The van der Waals surface area contributed by atoms with E-state index in [1.807, 2.05) is 27.7 Å². The molecule has 0 fully saturated rings. The first kappa shape index (κ1) is 13.9. The van der Waals surface area contributed by atoms with Crippen LogP contribution in [0.1, 0.15) is 33.3 Å². The van der Waals surface area contributed by atoms with Crippen LogP contribution < -0.4 is 5.32 Å². The van der Waals surface area contributed by atoms with Gasteiger partial charge in [0.2, 0.25) is 0 Å². The molecule has 0 radical (unpaired) electrons. The quantitative estimate of drug-likeness (QED) is 0.805. The second-order valence-corrected chi connectivity index (χ2v) is 5.31. The average molecular weight is 245 g/mol. The molecule has 96 valence electrons. The van der Waals surface area contributed by atoms with Gasteiger partial charge in [0.25, 0.3) is 0 Å². The Hall–Kier alpha value is -1.19. The van der Waals surface area contributed by atoms with Gasteiger partial charge in [-0.25, -0.2) is 0 Å². The maximum absolute atomic E-state index is 12.5. The van der Waals surface area contributed by atoms with Crippen molar-refractivity contribution in [2.75, 3.05) is 5.32 Å². The first-order valence-electron chi connectivity index (χ1n) is 5.54. The molecule has 1 aromatic rings. The van der Waals surface area contributed by atoms with Crippen molar-refractivity contribution < 1.29 is 13.2 Å². The van der Waals surface area contributed by atoms with Gasteiger partial charge in [-0.2, -0.15) is 13.2 Å². The minimum atomic E-state index is -4.29. The molecule has 0 aliphatic carbocycles. The Labute approximate surface area is 100 Å². The van der Waals surface area contributed by atoms with Crippen LogP contribution in [0.15, 0.2) is 24.3 Å². The summed E-state index contributed by atoms with van der Waals surface area (Å²) in [6.07, 6.45) is -4.29. The summed E-state index contributed by atoms with van der Waals surface area (Å²) in [5.74, 6) is 0. The number of rotatable bonds is 2. The fourth-order valence-electron chi connectivity index (χ4n) is 1.25. The third-order valence-corrected chi connectivity index (χ3v) is 2.87. The van der Waals surface area contributed by atoms with Crippen LogP contribution in [-0.4, -0.2) is 6.04 Å². The standard InChI is InChI=1S/C13H18F3N/c1-9(12(2,3)4)17-11-7-5-6-10(8-11)13(14,15)16/h5-9,17H,1-4H3. The largest absolute Gasteiger partial charge is 0.416 e. The van der Waals surface area contributed by atoms with E-state index in [1.54, 1.807) is 6.07 Å². The predicted molar refractivity (Wildman–Crippen MR) is 64.0 cm³/mol. The predicted octanol–water partition coefficient (Wildman–Crippen LogP) is 4.55. The highest BCUT2D eigenvalue weighted by atomic mass is 19.4. The Morgan fingerprint density at radius 1 is 1.12 bits per heavy atom. The molecule has 0 saturated heterocycles. The van der Waals surface area contributed by atoms with Gasteiger partial charge in [0, 0.05) is 11.7 Å².